The Balaban J connectivity index is 1.14. The minimum Gasteiger partial charge on any atom is -0.309 e. The molecule has 0 atom stereocenters. The van der Waals surface area contributed by atoms with Gasteiger partial charge in [-0.1, -0.05) is 103 Å². The van der Waals surface area contributed by atoms with Crippen LogP contribution in [0, 0.1) is 34.8 Å². The summed E-state index contributed by atoms with van der Waals surface area (Å²) in [4.78, 5) is 0. The molecular formula is C54H31N5. The van der Waals surface area contributed by atoms with E-state index in [1.807, 2.05) is 36.4 Å². The Bertz CT molecular complexity index is 3680. The summed E-state index contributed by atoms with van der Waals surface area (Å²) in [5.74, 6) is 0. The summed E-state index contributed by atoms with van der Waals surface area (Å²) >= 11 is 0. The van der Waals surface area contributed by atoms with Crippen LogP contribution in [-0.4, -0.2) is 13.7 Å². The van der Waals surface area contributed by atoms with Crippen molar-refractivity contribution in [2.45, 2.75) is 12.8 Å². The molecule has 8 aromatic carbocycles. The molecule has 3 heterocycles. The summed E-state index contributed by atoms with van der Waals surface area (Å²) in [6.07, 6.45) is 6.39. The van der Waals surface area contributed by atoms with Gasteiger partial charge in [-0.3, -0.25) is 0 Å². The van der Waals surface area contributed by atoms with E-state index in [-0.39, 0.29) is 0 Å². The molecule has 0 fully saturated rings. The van der Waals surface area contributed by atoms with Crippen LogP contribution in [-0.2, 0) is 6.42 Å². The van der Waals surface area contributed by atoms with Gasteiger partial charge in [0.1, 0.15) is 12.1 Å². The zero-order chi connectivity index (χ0) is 39.2. The lowest BCUT2D eigenvalue weighted by atomic mass is 9.98. The van der Waals surface area contributed by atoms with Crippen molar-refractivity contribution in [2.75, 3.05) is 0 Å². The molecule has 3 aromatic heterocycles. The summed E-state index contributed by atoms with van der Waals surface area (Å²) in [6, 6.07) is 63.7. The average Bonchev–Trinajstić information content (AvgIpc) is 3.94. The molecule has 0 saturated heterocycles. The number of benzene rings is 7. The quantitative estimate of drug-likeness (QED) is 0.180. The van der Waals surface area contributed by atoms with E-state index in [1.165, 1.54) is 16.6 Å². The third-order valence-electron chi connectivity index (χ3n) is 12.2. The van der Waals surface area contributed by atoms with Crippen molar-refractivity contribution < 1.29 is 0 Å². The molecule has 0 amide bonds. The molecule has 0 spiro atoms. The highest BCUT2D eigenvalue weighted by atomic mass is 15.0. The van der Waals surface area contributed by atoms with Crippen LogP contribution in [0.1, 0.15) is 28.8 Å². The van der Waals surface area contributed by atoms with Crippen molar-refractivity contribution in [3.05, 3.63) is 192 Å². The first kappa shape index (κ1) is 32.9. The second kappa shape index (κ2) is 12.6. The fourth-order valence-corrected chi connectivity index (χ4v) is 9.79. The fraction of sp³-hybridized carbons (Fsp3) is 0.0370. The Kier molecular flexibility index (Phi) is 7.03. The summed E-state index contributed by atoms with van der Waals surface area (Å²) in [5, 5.41) is 30.1. The number of nitrogens with zero attached hydrogens (tertiary/aromatic N) is 5. The second-order valence-corrected chi connectivity index (χ2v) is 15.3. The summed E-state index contributed by atoms with van der Waals surface area (Å²) in [5.41, 5.74) is 13.2. The maximum atomic E-state index is 11.1. The zero-order valence-electron chi connectivity index (χ0n) is 31.7. The van der Waals surface area contributed by atoms with Gasteiger partial charge >= 0.3 is 0 Å². The first-order valence-corrected chi connectivity index (χ1v) is 19.9. The largest absolute Gasteiger partial charge is 0.309 e. The average molecular weight is 750 g/mol. The van der Waals surface area contributed by atoms with Crippen molar-refractivity contribution >= 4 is 71.4 Å². The van der Waals surface area contributed by atoms with Crippen LogP contribution in [0.4, 0.5) is 0 Å². The van der Waals surface area contributed by atoms with Crippen LogP contribution >= 0.6 is 0 Å². The lowest BCUT2D eigenvalue weighted by Crippen LogP contribution is -2.04. The summed E-state index contributed by atoms with van der Waals surface area (Å²) in [7, 11) is 0. The van der Waals surface area contributed by atoms with Gasteiger partial charge in [-0.2, -0.15) is 10.5 Å². The topological polar surface area (TPSA) is 62.4 Å². The molecular weight excluding hydrogens is 719 g/mol. The third kappa shape index (κ3) is 4.66. The lowest BCUT2D eigenvalue weighted by Gasteiger charge is -2.16. The number of allylic oxidation sites excluding steroid dienone is 1. The maximum absolute atomic E-state index is 11.1. The lowest BCUT2D eigenvalue weighted by molar-refractivity contribution is 0.968. The van der Waals surface area contributed by atoms with Gasteiger partial charge in [0.2, 0.25) is 0 Å². The molecule has 1 aliphatic carbocycles. The second-order valence-electron chi connectivity index (χ2n) is 15.3. The third-order valence-corrected chi connectivity index (χ3v) is 12.2. The fourth-order valence-electron chi connectivity index (χ4n) is 9.79. The first-order valence-electron chi connectivity index (χ1n) is 19.9. The predicted molar refractivity (Wildman–Crippen MR) is 239 cm³/mol. The molecule has 11 aromatic rings. The molecule has 0 saturated carbocycles. The number of nitriles is 2. The van der Waals surface area contributed by atoms with Gasteiger partial charge in [-0.15, -0.1) is 0 Å². The summed E-state index contributed by atoms with van der Waals surface area (Å²) in [6.45, 7) is 0. The number of aryl methyl sites for hydroxylation is 1. The Labute approximate surface area is 339 Å². The molecule has 59 heavy (non-hydrogen) atoms. The smallest absolute Gasteiger partial charge is 0.101 e. The van der Waals surface area contributed by atoms with Gasteiger partial charge in [0.15, 0.2) is 0 Å². The number of aromatic nitrogens is 3. The normalized spacial score (nSPS) is 12.4. The van der Waals surface area contributed by atoms with Crippen LogP contribution in [0.15, 0.2) is 158 Å². The SMILES string of the molecule is N#Cc1cc(-n2c3ccccc3c3c4c5c(n(-c6cc#ccc6)c4ccc32)C=CCC5)c(C#N)cc1-n1c2ccc(-c3ccccc3)cc2c2c3ccccc3ccc21. The van der Waals surface area contributed by atoms with Crippen LogP contribution in [0.25, 0.3) is 99.6 Å². The van der Waals surface area contributed by atoms with Gasteiger partial charge < -0.3 is 13.7 Å². The molecule has 0 unspecified atom stereocenters. The number of fused-ring (bicyclic) bond motifs is 12. The van der Waals surface area contributed by atoms with E-state index < -0.39 is 0 Å². The molecule has 0 aliphatic heterocycles. The van der Waals surface area contributed by atoms with E-state index >= 15 is 0 Å². The van der Waals surface area contributed by atoms with Crippen LogP contribution < -0.4 is 0 Å². The minimum absolute atomic E-state index is 0.482. The standard InChI is InChI=1S/C54H31N5/c55-32-37-31-51(59-46-25-24-36(34-13-3-1-4-14-34)29-43(46)52-40-18-8-7-15-35(40)23-26-47(52)59)38(33-56)30-50(37)58-45-22-12-10-20-42(45)54-49(58)28-27-48-53(54)41-19-9-11-21-44(41)57(48)39-16-5-2-6-17-39/h1,3-5,7-8,10-18,20-31H,9,19H2. The molecule has 5 nitrogen and oxygen atoms in total. The van der Waals surface area contributed by atoms with Crippen LogP contribution in [0.5, 0.6) is 0 Å². The molecule has 12 rings (SSSR count). The van der Waals surface area contributed by atoms with Gasteiger partial charge in [0.05, 0.1) is 55.8 Å². The molecule has 272 valence electrons. The summed E-state index contributed by atoms with van der Waals surface area (Å²) < 4.78 is 6.69. The van der Waals surface area contributed by atoms with E-state index in [4.69, 9.17) is 0 Å². The highest BCUT2D eigenvalue weighted by Crippen LogP contribution is 2.45. The van der Waals surface area contributed by atoms with Gasteiger partial charge in [0.25, 0.3) is 0 Å². The molecule has 0 N–H and O–H groups in total. The highest BCUT2D eigenvalue weighted by molar-refractivity contribution is 6.24. The number of hydrogen-bond donors (Lipinski definition) is 0. The molecule has 5 heteroatoms. The Morgan fingerprint density at radius 3 is 1.93 bits per heavy atom. The number of hydrogen-bond acceptors (Lipinski definition) is 2. The maximum Gasteiger partial charge on any atom is 0.101 e. The Morgan fingerprint density at radius 1 is 0.508 bits per heavy atom. The Hall–Kier alpha value is -8.30. The van der Waals surface area contributed by atoms with E-state index in [1.54, 1.807) is 0 Å². The number of para-hydroxylation sites is 1. The first-order chi connectivity index (χ1) is 29.2. The molecule has 1 aliphatic rings. The minimum atomic E-state index is 0.482. The van der Waals surface area contributed by atoms with Crippen LogP contribution in [0.3, 0.4) is 0 Å². The highest BCUT2D eigenvalue weighted by Gasteiger charge is 2.26. The van der Waals surface area contributed by atoms with Crippen molar-refractivity contribution in [2.24, 2.45) is 0 Å². The Morgan fingerprint density at radius 2 is 1.17 bits per heavy atom. The van der Waals surface area contributed by atoms with Gasteiger partial charge in [0, 0.05) is 38.7 Å². The molecule has 0 radical (unpaired) electrons. The zero-order valence-corrected chi connectivity index (χ0v) is 31.7. The van der Waals surface area contributed by atoms with E-state index in [0.29, 0.717) is 22.5 Å². The van der Waals surface area contributed by atoms with Crippen molar-refractivity contribution in [1.82, 2.24) is 13.7 Å². The van der Waals surface area contributed by atoms with E-state index in [9.17, 15) is 10.5 Å². The van der Waals surface area contributed by atoms with E-state index in [0.717, 1.165) is 89.6 Å². The van der Waals surface area contributed by atoms with Crippen molar-refractivity contribution in [3.63, 3.8) is 0 Å². The van der Waals surface area contributed by atoms with Crippen LogP contribution in [0.2, 0.25) is 0 Å². The van der Waals surface area contributed by atoms with Gasteiger partial charge in [-0.05, 0) is 107 Å². The van der Waals surface area contributed by atoms with Crippen molar-refractivity contribution in [3.8, 4) is 40.3 Å². The van der Waals surface area contributed by atoms with Gasteiger partial charge in [-0.25, -0.2) is 0 Å². The monoisotopic (exact) mass is 749 g/mol. The van der Waals surface area contributed by atoms with Crippen molar-refractivity contribution in [1.29, 1.82) is 10.5 Å². The molecule has 0 bridgehead atoms. The predicted octanol–water partition coefficient (Wildman–Crippen LogP) is 12.9. The van der Waals surface area contributed by atoms with E-state index in [2.05, 4.69) is 165 Å². The number of rotatable bonds is 4.